The number of carbonyl (C=O) groups excluding carboxylic acids is 1. The summed E-state index contributed by atoms with van der Waals surface area (Å²) >= 11 is 1.54. The zero-order valence-corrected chi connectivity index (χ0v) is 16.3. The molecule has 1 aliphatic rings. The Balaban J connectivity index is 1.74. The maximum atomic E-state index is 12.4. The van der Waals surface area contributed by atoms with Crippen LogP contribution < -0.4 is 15.8 Å². The minimum Gasteiger partial charge on any atom is -0.474 e. The van der Waals surface area contributed by atoms with Gasteiger partial charge in [-0.3, -0.25) is 9.79 Å². The van der Waals surface area contributed by atoms with Gasteiger partial charge in [-0.15, -0.1) is 0 Å². The lowest BCUT2D eigenvalue weighted by Gasteiger charge is -2.28. The predicted molar refractivity (Wildman–Crippen MR) is 106 cm³/mol. The van der Waals surface area contributed by atoms with E-state index in [0.717, 1.165) is 17.7 Å². The summed E-state index contributed by atoms with van der Waals surface area (Å²) in [4.78, 5) is 25.2. The third kappa shape index (κ3) is 4.68. The van der Waals surface area contributed by atoms with E-state index >= 15 is 0 Å². The number of amides is 1. The number of hydrogen-bond donors (Lipinski definition) is 2. The second-order valence-corrected chi connectivity index (χ2v) is 7.73. The Hall–Kier alpha value is -2.79. The Labute approximate surface area is 162 Å². The molecule has 8 heteroatoms. The Morgan fingerprint density at radius 3 is 2.89 bits per heavy atom. The van der Waals surface area contributed by atoms with Crippen molar-refractivity contribution in [2.24, 2.45) is 10.7 Å². The van der Waals surface area contributed by atoms with Crippen molar-refractivity contribution in [3.63, 3.8) is 0 Å². The van der Waals surface area contributed by atoms with E-state index in [2.05, 4.69) is 32.4 Å². The maximum absolute atomic E-state index is 12.4. The molecule has 7 nitrogen and oxygen atoms in total. The SMILES string of the molecule is CC(C)Oc1cnc(C(=O)Nc2cc#cc(C3(C)CCSC(N)=N3)c2)cn1. The number of nitrogens with two attached hydrogens (primary N) is 1. The summed E-state index contributed by atoms with van der Waals surface area (Å²) in [5.41, 5.74) is 7.02. The van der Waals surface area contributed by atoms with E-state index in [1.54, 1.807) is 17.8 Å². The van der Waals surface area contributed by atoms with E-state index in [1.165, 1.54) is 12.4 Å². The van der Waals surface area contributed by atoms with Gasteiger partial charge in [-0.25, -0.2) is 9.97 Å². The number of hydrogen-bond acceptors (Lipinski definition) is 7. The average Bonchev–Trinajstić information content (AvgIpc) is 2.62. The van der Waals surface area contributed by atoms with Crippen molar-refractivity contribution in [1.29, 1.82) is 0 Å². The molecule has 0 bridgehead atoms. The molecule has 1 aliphatic heterocycles. The number of thioether (sulfide) groups is 1. The van der Waals surface area contributed by atoms with Crippen molar-refractivity contribution < 1.29 is 9.53 Å². The van der Waals surface area contributed by atoms with Crippen molar-refractivity contribution >= 4 is 28.5 Å². The standard InChI is InChI=1S/C19H21N5O2S/c1-12(2)26-16-11-21-15(10-22-16)17(25)23-14-6-4-5-13(9-14)19(3)7-8-27-18(20)24-19/h6,9-12H,7-8H2,1-3H3,(H2,20,24)(H,23,25). The van der Waals surface area contributed by atoms with Crippen molar-refractivity contribution in [1.82, 2.24) is 9.97 Å². The largest absolute Gasteiger partial charge is 0.474 e. The van der Waals surface area contributed by atoms with E-state index in [0.29, 0.717) is 16.7 Å². The summed E-state index contributed by atoms with van der Waals surface area (Å²) in [7, 11) is 0. The summed E-state index contributed by atoms with van der Waals surface area (Å²) < 4.78 is 5.43. The van der Waals surface area contributed by atoms with Gasteiger partial charge in [0.2, 0.25) is 5.88 Å². The first-order chi connectivity index (χ1) is 12.9. The molecule has 0 saturated carbocycles. The highest BCUT2D eigenvalue weighted by Crippen LogP contribution is 2.34. The third-order valence-corrected chi connectivity index (χ3v) is 4.78. The zero-order valence-electron chi connectivity index (χ0n) is 15.4. The fraction of sp³-hybridized carbons (Fsp3) is 0.368. The number of aliphatic imine (C=N–C) groups is 1. The van der Waals surface area contributed by atoms with Crippen LogP contribution in [-0.2, 0) is 5.54 Å². The van der Waals surface area contributed by atoms with Crippen molar-refractivity contribution in [3.05, 3.63) is 47.9 Å². The van der Waals surface area contributed by atoms with Gasteiger partial charge in [-0.2, -0.15) is 0 Å². The number of nitrogens with zero attached hydrogens (tertiary/aromatic N) is 3. The van der Waals surface area contributed by atoms with Crippen LogP contribution in [-0.4, -0.2) is 32.9 Å². The maximum Gasteiger partial charge on any atom is 0.275 e. The molecule has 1 unspecified atom stereocenters. The molecule has 1 aromatic heterocycles. The van der Waals surface area contributed by atoms with Gasteiger partial charge < -0.3 is 15.8 Å². The molecule has 0 spiro atoms. The molecule has 0 aliphatic carbocycles. The number of rotatable bonds is 5. The third-order valence-electron chi connectivity index (χ3n) is 3.99. The molecule has 1 amide bonds. The molecule has 2 aromatic rings. The van der Waals surface area contributed by atoms with E-state index in [4.69, 9.17) is 10.5 Å². The summed E-state index contributed by atoms with van der Waals surface area (Å²) in [6.07, 6.45) is 3.65. The highest BCUT2D eigenvalue weighted by molar-refractivity contribution is 8.13. The van der Waals surface area contributed by atoms with E-state index in [-0.39, 0.29) is 17.7 Å². The fourth-order valence-corrected chi connectivity index (χ4v) is 3.57. The molecule has 0 fully saturated rings. The Kier molecular flexibility index (Phi) is 5.51. The number of aromatic nitrogens is 2. The van der Waals surface area contributed by atoms with Crippen LogP contribution in [0.15, 0.2) is 29.5 Å². The molecule has 140 valence electrons. The van der Waals surface area contributed by atoms with Crippen LogP contribution in [0, 0.1) is 12.1 Å². The first-order valence-corrected chi connectivity index (χ1v) is 9.56. The van der Waals surface area contributed by atoms with Crippen LogP contribution in [0.5, 0.6) is 5.88 Å². The van der Waals surface area contributed by atoms with Gasteiger partial charge in [0.05, 0.1) is 29.7 Å². The molecular weight excluding hydrogens is 362 g/mol. The molecule has 1 atom stereocenters. The van der Waals surface area contributed by atoms with Crippen LogP contribution in [0.25, 0.3) is 0 Å². The molecule has 3 rings (SSSR count). The quantitative estimate of drug-likeness (QED) is 0.823. The van der Waals surface area contributed by atoms with Gasteiger partial charge in [0.25, 0.3) is 5.91 Å². The minimum atomic E-state index is -0.470. The monoisotopic (exact) mass is 383 g/mol. The second kappa shape index (κ2) is 7.84. The van der Waals surface area contributed by atoms with Crippen LogP contribution in [0.2, 0.25) is 0 Å². The molecule has 3 N–H and O–H groups in total. The van der Waals surface area contributed by atoms with Gasteiger partial charge in [-0.05, 0) is 33.3 Å². The van der Waals surface area contributed by atoms with Crippen LogP contribution in [0.1, 0.15) is 43.2 Å². The first-order valence-electron chi connectivity index (χ1n) is 8.58. The second-order valence-electron chi connectivity index (χ2n) is 6.61. The van der Waals surface area contributed by atoms with Gasteiger partial charge in [0, 0.05) is 17.4 Å². The number of amidine groups is 1. The van der Waals surface area contributed by atoms with Crippen molar-refractivity contribution in [3.8, 4) is 5.88 Å². The van der Waals surface area contributed by atoms with E-state index in [1.807, 2.05) is 26.8 Å². The molecule has 27 heavy (non-hydrogen) atoms. The zero-order chi connectivity index (χ0) is 19.4. The van der Waals surface area contributed by atoms with Gasteiger partial charge in [0.1, 0.15) is 5.69 Å². The average molecular weight is 383 g/mol. The van der Waals surface area contributed by atoms with E-state index < -0.39 is 5.54 Å². The predicted octanol–water partition coefficient (Wildman–Crippen LogP) is 2.78. The smallest absolute Gasteiger partial charge is 0.275 e. The Bertz CT molecular complexity index is 853. The minimum absolute atomic E-state index is 0.00949. The fourth-order valence-electron chi connectivity index (χ4n) is 2.60. The highest BCUT2D eigenvalue weighted by atomic mass is 32.2. The number of nitrogens with one attached hydrogen (secondary N) is 1. The van der Waals surface area contributed by atoms with Gasteiger partial charge in [-0.1, -0.05) is 23.9 Å². The highest BCUT2D eigenvalue weighted by Gasteiger charge is 2.30. The summed E-state index contributed by atoms with van der Waals surface area (Å²) in [6.45, 7) is 5.79. The lowest BCUT2D eigenvalue weighted by molar-refractivity contribution is 0.102. The first kappa shape index (κ1) is 19.0. The van der Waals surface area contributed by atoms with Crippen LogP contribution in [0.4, 0.5) is 5.69 Å². The van der Waals surface area contributed by atoms with Crippen LogP contribution >= 0.6 is 11.8 Å². The summed E-state index contributed by atoms with van der Waals surface area (Å²) in [6, 6.07) is 9.52. The molecule has 0 radical (unpaired) electrons. The van der Waals surface area contributed by atoms with Crippen LogP contribution in [0.3, 0.4) is 0 Å². The van der Waals surface area contributed by atoms with Crippen molar-refractivity contribution in [2.45, 2.75) is 38.8 Å². The molecule has 1 aromatic carbocycles. The normalized spacial score (nSPS) is 19.2. The Morgan fingerprint density at radius 1 is 1.41 bits per heavy atom. The summed E-state index contributed by atoms with van der Waals surface area (Å²) in [5, 5.41) is 3.37. The Morgan fingerprint density at radius 2 is 2.22 bits per heavy atom. The van der Waals surface area contributed by atoms with Crippen molar-refractivity contribution in [2.75, 3.05) is 11.1 Å². The van der Waals surface area contributed by atoms with Gasteiger partial charge in [0.15, 0.2) is 5.17 Å². The number of anilines is 1. The number of carbonyl (C=O) groups is 1. The molecular formula is C19H21N5O2S. The molecule has 0 saturated heterocycles. The van der Waals surface area contributed by atoms with Gasteiger partial charge >= 0.3 is 0 Å². The summed E-state index contributed by atoms with van der Waals surface area (Å²) in [5.74, 6) is 0.901. The topological polar surface area (TPSA) is 102 Å². The number of ether oxygens (including phenoxy) is 1. The lowest BCUT2D eigenvalue weighted by atomic mass is 9.90. The molecule has 2 heterocycles. The van der Waals surface area contributed by atoms with E-state index in [9.17, 15) is 4.79 Å². The lowest BCUT2D eigenvalue weighted by Crippen LogP contribution is -2.28.